The van der Waals surface area contributed by atoms with E-state index in [-0.39, 0.29) is 6.29 Å². The lowest BCUT2D eigenvalue weighted by Crippen LogP contribution is -2.17. The van der Waals surface area contributed by atoms with Crippen molar-refractivity contribution >= 4 is 0 Å². The molecule has 0 bridgehead atoms. The number of ether oxygens (including phenoxy) is 2. The fourth-order valence-electron chi connectivity index (χ4n) is 1.75. The van der Waals surface area contributed by atoms with Gasteiger partial charge in [0.15, 0.2) is 0 Å². The molecule has 0 saturated heterocycles. The van der Waals surface area contributed by atoms with Gasteiger partial charge >= 0.3 is 0 Å². The van der Waals surface area contributed by atoms with Crippen molar-refractivity contribution in [2.75, 3.05) is 6.61 Å². The highest BCUT2D eigenvalue weighted by Gasteiger charge is 2.20. The standard InChI is InChI=1S/C14H20O2/c1-5-7-8-13(15-6-2)16-14-11(3)9-10-12(14)4/h1,13H,3,6-10H2,2,4H3. The summed E-state index contributed by atoms with van der Waals surface area (Å²) in [5.41, 5.74) is 2.33. The van der Waals surface area contributed by atoms with Crippen LogP contribution in [0.3, 0.4) is 0 Å². The summed E-state index contributed by atoms with van der Waals surface area (Å²) in [6.07, 6.45) is 8.45. The minimum absolute atomic E-state index is 0.235. The lowest BCUT2D eigenvalue weighted by Gasteiger charge is -2.20. The molecule has 0 fully saturated rings. The fraction of sp³-hybridized carbons (Fsp3) is 0.571. The SMILES string of the molecule is C#CCCC(OCC)OC1=C(C)CCC1=C. The summed E-state index contributed by atoms with van der Waals surface area (Å²) in [5.74, 6) is 3.53. The molecule has 0 saturated carbocycles. The van der Waals surface area contributed by atoms with Crippen molar-refractivity contribution < 1.29 is 9.47 Å². The van der Waals surface area contributed by atoms with Crippen LogP contribution >= 0.6 is 0 Å². The van der Waals surface area contributed by atoms with Crippen LogP contribution in [0.2, 0.25) is 0 Å². The van der Waals surface area contributed by atoms with Crippen molar-refractivity contribution in [1.82, 2.24) is 0 Å². The Morgan fingerprint density at radius 3 is 2.75 bits per heavy atom. The van der Waals surface area contributed by atoms with Gasteiger partial charge in [-0.15, -0.1) is 12.3 Å². The summed E-state index contributed by atoms with van der Waals surface area (Å²) in [6, 6.07) is 0. The highest BCUT2D eigenvalue weighted by atomic mass is 16.7. The van der Waals surface area contributed by atoms with Crippen LogP contribution in [0.4, 0.5) is 0 Å². The third-order valence-electron chi connectivity index (χ3n) is 2.64. The molecule has 0 spiro atoms. The average molecular weight is 220 g/mol. The van der Waals surface area contributed by atoms with Crippen LogP contribution in [0.1, 0.15) is 39.5 Å². The molecule has 0 aliphatic heterocycles. The molecule has 2 nitrogen and oxygen atoms in total. The Morgan fingerprint density at radius 1 is 1.50 bits per heavy atom. The molecule has 0 radical (unpaired) electrons. The van der Waals surface area contributed by atoms with E-state index in [4.69, 9.17) is 15.9 Å². The van der Waals surface area contributed by atoms with Crippen molar-refractivity contribution in [3.05, 3.63) is 23.5 Å². The Kier molecular flexibility index (Phi) is 5.14. The third-order valence-corrected chi connectivity index (χ3v) is 2.64. The number of hydrogen-bond donors (Lipinski definition) is 0. The molecule has 2 heteroatoms. The van der Waals surface area contributed by atoms with Gasteiger partial charge in [-0.2, -0.15) is 0 Å². The predicted molar refractivity (Wildman–Crippen MR) is 65.6 cm³/mol. The molecule has 0 amide bonds. The maximum Gasteiger partial charge on any atom is 0.200 e. The lowest BCUT2D eigenvalue weighted by molar-refractivity contribution is -0.113. The van der Waals surface area contributed by atoms with Crippen LogP contribution in [-0.2, 0) is 9.47 Å². The Labute approximate surface area is 98.3 Å². The first kappa shape index (κ1) is 12.9. The van der Waals surface area contributed by atoms with Gasteiger partial charge in [0.05, 0.1) is 0 Å². The first-order valence-corrected chi connectivity index (χ1v) is 5.78. The monoisotopic (exact) mass is 220 g/mol. The van der Waals surface area contributed by atoms with Gasteiger partial charge in [0.2, 0.25) is 6.29 Å². The van der Waals surface area contributed by atoms with E-state index in [2.05, 4.69) is 19.4 Å². The molecule has 0 heterocycles. The van der Waals surface area contributed by atoms with Crippen LogP contribution in [0.25, 0.3) is 0 Å². The molecule has 0 N–H and O–H groups in total. The highest BCUT2D eigenvalue weighted by molar-refractivity contribution is 5.33. The second-order valence-corrected chi connectivity index (χ2v) is 3.96. The van der Waals surface area contributed by atoms with Crippen molar-refractivity contribution in [3.8, 4) is 12.3 Å². The van der Waals surface area contributed by atoms with Crippen LogP contribution in [0.5, 0.6) is 0 Å². The van der Waals surface area contributed by atoms with Crippen molar-refractivity contribution in [1.29, 1.82) is 0 Å². The van der Waals surface area contributed by atoms with E-state index in [1.54, 1.807) is 0 Å². The number of rotatable bonds is 6. The summed E-state index contributed by atoms with van der Waals surface area (Å²) in [7, 11) is 0. The number of terminal acetylenes is 1. The second-order valence-electron chi connectivity index (χ2n) is 3.96. The zero-order valence-corrected chi connectivity index (χ0v) is 10.2. The maximum absolute atomic E-state index is 5.84. The summed E-state index contributed by atoms with van der Waals surface area (Å²) in [6.45, 7) is 8.67. The van der Waals surface area contributed by atoms with Gasteiger partial charge in [-0.3, -0.25) is 0 Å². The van der Waals surface area contributed by atoms with Gasteiger partial charge in [-0.25, -0.2) is 0 Å². The second kappa shape index (κ2) is 6.40. The topological polar surface area (TPSA) is 18.5 Å². The van der Waals surface area contributed by atoms with Crippen LogP contribution in [0.15, 0.2) is 23.5 Å². The lowest BCUT2D eigenvalue weighted by atomic mass is 10.2. The van der Waals surface area contributed by atoms with E-state index in [0.29, 0.717) is 13.0 Å². The van der Waals surface area contributed by atoms with Gasteiger partial charge in [0.1, 0.15) is 5.76 Å². The van der Waals surface area contributed by atoms with Crippen molar-refractivity contribution in [2.24, 2.45) is 0 Å². The van der Waals surface area contributed by atoms with Gasteiger partial charge in [0.25, 0.3) is 0 Å². The minimum Gasteiger partial charge on any atom is -0.465 e. The van der Waals surface area contributed by atoms with Crippen LogP contribution in [0, 0.1) is 12.3 Å². The van der Waals surface area contributed by atoms with E-state index < -0.39 is 0 Å². The average Bonchev–Trinajstić information content (AvgIpc) is 2.57. The Hall–Kier alpha value is -1.20. The van der Waals surface area contributed by atoms with Gasteiger partial charge in [-0.05, 0) is 37.8 Å². The number of hydrogen-bond acceptors (Lipinski definition) is 2. The molecule has 1 unspecified atom stereocenters. The summed E-state index contributed by atoms with van der Waals surface area (Å²) < 4.78 is 11.4. The first-order valence-electron chi connectivity index (χ1n) is 5.78. The Morgan fingerprint density at radius 2 is 2.25 bits per heavy atom. The largest absolute Gasteiger partial charge is 0.465 e. The van der Waals surface area contributed by atoms with Gasteiger partial charge in [-0.1, -0.05) is 6.58 Å². The molecule has 0 aromatic heterocycles. The summed E-state index contributed by atoms with van der Waals surface area (Å²) in [4.78, 5) is 0. The zero-order valence-electron chi connectivity index (χ0n) is 10.2. The molecular weight excluding hydrogens is 200 g/mol. The molecular formula is C14H20O2. The molecule has 0 aromatic rings. The van der Waals surface area contributed by atoms with E-state index >= 15 is 0 Å². The molecule has 16 heavy (non-hydrogen) atoms. The molecule has 1 aliphatic carbocycles. The van der Waals surface area contributed by atoms with E-state index in [1.165, 1.54) is 5.57 Å². The van der Waals surface area contributed by atoms with Crippen molar-refractivity contribution in [2.45, 2.75) is 45.8 Å². The zero-order chi connectivity index (χ0) is 12.0. The summed E-state index contributed by atoms with van der Waals surface area (Å²) in [5, 5.41) is 0. The van der Waals surface area contributed by atoms with Crippen molar-refractivity contribution in [3.63, 3.8) is 0 Å². The fourth-order valence-corrected chi connectivity index (χ4v) is 1.75. The van der Waals surface area contributed by atoms with E-state index in [0.717, 1.165) is 30.6 Å². The van der Waals surface area contributed by atoms with Gasteiger partial charge in [0, 0.05) is 19.4 Å². The molecule has 88 valence electrons. The Balaban J connectivity index is 2.57. The number of allylic oxidation sites excluding steroid dienone is 2. The highest BCUT2D eigenvalue weighted by Crippen LogP contribution is 2.32. The van der Waals surface area contributed by atoms with Crippen LogP contribution < -0.4 is 0 Å². The molecule has 1 atom stereocenters. The minimum atomic E-state index is -0.235. The van der Waals surface area contributed by atoms with E-state index in [9.17, 15) is 0 Å². The summed E-state index contributed by atoms with van der Waals surface area (Å²) >= 11 is 0. The normalized spacial score (nSPS) is 17.4. The maximum atomic E-state index is 5.84. The smallest absolute Gasteiger partial charge is 0.200 e. The first-order chi connectivity index (χ1) is 7.69. The molecule has 1 rings (SSSR count). The molecule has 1 aliphatic rings. The molecule has 0 aromatic carbocycles. The third kappa shape index (κ3) is 3.43. The predicted octanol–water partition coefficient (Wildman–Crippen LogP) is 3.40. The van der Waals surface area contributed by atoms with Crippen LogP contribution in [-0.4, -0.2) is 12.9 Å². The van der Waals surface area contributed by atoms with E-state index in [1.807, 2.05) is 6.92 Å². The quantitative estimate of drug-likeness (QED) is 0.504. The Bertz CT molecular complexity index is 320. The van der Waals surface area contributed by atoms with Gasteiger partial charge < -0.3 is 9.47 Å².